The first-order valence-electron chi connectivity index (χ1n) is 18.0. The van der Waals surface area contributed by atoms with E-state index < -0.39 is 0 Å². The van der Waals surface area contributed by atoms with Crippen LogP contribution in [-0.2, 0) is 20.4 Å². The van der Waals surface area contributed by atoms with Gasteiger partial charge in [-0.1, -0.05) is 114 Å². The summed E-state index contributed by atoms with van der Waals surface area (Å²) < 4.78 is 6.63. The topological polar surface area (TPSA) is 31.8 Å². The summed E-state index contributed by atoms with van der Waals surface area (Å²) in [6, 6.07) is 65.8. The van der Waals surface area contributed by atoms with E-state index >= 15 is 0 Å². The van der Waals surface area contributed by atoms with Crippen molar-refractivity contribution in [2.24, 2.45) is 0 Å². The minimum Gasteiger partial charge on any atom is -0.509 e. The van der Waals surface area contributed by atoms with Crippen LogP contribution in [0.3, 0.4) is 0 Å². The van der Waals surface area contributed by atoms with E-state index in [2.05, 4.69) is 180 Å². The fourth-order valence-electron chi connectivity index (χ4n) is 7.56. The van der Waals surface area contributed by atoms with Crippen LogP contribution in [0.25, 0.3) is 33.4 Å². The molecule has 2 aliphatic rings. The number of rotatable bonds is 6. The van der Waals surface area contributed by atoms with E-state index in [-0.39, 0.29) is 20.4 Å². The van der Waals surface area contributed by atoms with E-state index in [1.807, 2.05) is 36.5 Å². The molecule has 7 aromatic carbocycles. The maximum Gasteiger partial charge on any atom is 0.135 e. The molecule has 0 aliphatic carbocycles. The zero-order valence-electron chi connectivity index (χ0n) is 29.8. The van der Waals surface area contributed by atoms with Gasteiger partial charge in [-0.15, -0.1) is 48.3 Å². The van der Waals surface area contributed by atoms with Crippen LogP contribution < -0.4 is 19.4 Å². The van der Waals surface area contributed by atoms with Crippen LogP contribution in [0.15, 0.2) is 176 Å². The van der Waals surface area contributed by atoms with Crippen LogP contribution in [-0.4, -0.2) is 4.98 Å². The third-order valence-corrected chi connectivity index (χ3v) is 10.1. The summed E-state index contributed by atoms with van der Waals surface area (Å²) in [7, 11) is 0. The predicted molar refractivity (Wildman–Crippen MR) is 219 cm³/mol. The van der Waals surface area contributed by atoms with Crippen LogP contribution in [0.1, 0.15) is 5.56 Å². The Morgan fingerprint density at radius 1 is 0.527 bits per heavy atom. The van der Waals surface area contributed by atoms with Gasteiger partial charge in [-0.3, -0.25) is 0 Å². The Kier molecular flexibility index (Phi) is 9.00. The number of para-hydroxylation sites is 4. The number of hydrogen-bond acceptors (Lipinski definition) is 5. The number of aryl methyl sites for hydroxylation is 1. The van der Waals surface area contributed by atoms with E-state index in [1.165, 1.54) is 0 Å². The Bertz CT molecular complexity index is 2660. The quantitative estimate of drug-likeness (QED) is 0.124. The van der Waals surface area contributed by atoms with Crippen molar-refractivity contribution in [2.45, 2.75) is 6.92 Å². The number of ether oxygens (including phenoxy) is 1. The molecule has 0 amide bonds. The third-order valence-electron chi connectivity index (χ3n) is 10.1. The normalized spacial score (nSPS) is 12.5. The fraction of sp³-hybridized carbons (Fsp3) is 0.0204. The minimum absolute atomic E-state index is 0. The van der Waals surface area contributed by atoms with Gasteiger partial charge in [-0.25, -0.2) is 4.98 Å². The van der Waals surface area contributed by atoms with E-state index in [4.69, 9.17) is 9.72 Å². The summed E-state index contributed by atoms with van der Waals surface area (Å²) in [4.78, 5) is 11.7. The summed E-state index contributed by atoms with van der Waals surface area (Å²) >= 11 is 0. The van der Waals surface area contributed by atoms with Crippen molar-refractivity contribution >= 4 is 39.9 Å². The molecule has 0 radical (unpaired) electrons. The van der Waals surface area contributed by atoms with Gasteiger partial charge in [-0.05, 0) is 60.0 Å². The van der Waals surface area contributed by atoms with Crippen LogP contribution in [0, 0.1) is 25.7 Å². The molecule has 0 bridgehead atoms. The van der Waals surface area contributed by atoms with Crippen molar-refractivity contribution in [1.82, 2.24) is 4.98 Å². The molecule has 5 nitrogen and oxygen atoms in total. The van der Waals surface area contributed by atoms with Gasteiger partial charge in [0.1, 0.15) is 5.82 Å². The molecule has 10 rings (SSSR count). The van der Waals surface area contributed by atoms with Gasteiger partial charge in [0.15, 0.2) is 0 Å². The number of benzene rings is 7. The van der Waals surface area contributed by atoms with Crippen LogP contribution in [0.2, 0.25) is 0 Å². The van der Waals surface area contributed by atoms with Crippen molar-refractivity contribution in [2.75, 3.05) is 14.7 Å². The van der Waals surface area contributed by atoms with Crippen LogP contribution in [0.5, 0.6) is 11.5 Å². The summed E-state index contributed by atoms with van der Waals surface area (Å²) in [5.41, 5.74) is 13.9. The van der Waals surface area contributed by atoms with Crippen molar-refractivity contribution < 1.29 is 25.2 Å². The monoisotopic (exact) mass is 799 g/mol. The van der Waals surface area contributed by atoms with Gasteiger partial charge in [0.05, 0.1) is 5.69 Å². The summed E-state index contributed by atoms with van der Waals surface area (Å²) in [6.45, 7) is 4.25. The molecule has 0 spiro atoms. The second-order valence-corrected chi connectivity index (χ2v) is 13.4. The van der Waals surface area contributed by atoms with Crippen molar-refractivity contribution in [3.8, 4) is 44.9 Å². The van der Waals surface area contributed by atoms with E-state index in [9.17, 15) is 0 Å². The largest absolute Gasteiger partial charge is 0.509 e. The molecule has 0 unspecified atom stereocenters. The number of hydrogen-bond donors (Lipinski definition) is 0. The molecular weight excluding hydrogens is 767 g/mol. The Morgan fingerprint density at radius 3 is 1.89 bits per heavy atom. The second kappa shape index (κ2) is 14.4. The van der Waals surface area contributed by atoms with Crippen molar-refractivity contribution in [3.63, 3.8) is 0 Å². The average Bonchev–Trinajstić information content (AvgIpc) is 3.57. The van der Waals surface area contributed by atoms with Crippen LogP contribution >= 0.6 is 0 Å². The van der Waals surface area contributed by atoms with Crippen LogP contribution in [0.4, 0.5) is 39.9 Å². The molecule has 8 aromatic rings. The van der Waals surface area contributed by atoms with Crippen molar-refractivity contribution in [1.29, 1.82) is 0 Å². The maximum absolute atomic E-state index is 6.63. The second-order valence-electron chi connectivity index (χ2n) is 13.4. The first-order valence-corrected chi connectivity index (χ1v) is 18.0. The Labute approximate surface area is 335 Å². The third kappa shape index (κ3) is 6.16. The minimum atomic E-state index is 0. The van der Waals surface area contributed by atoms with Gasteiger partial charge in [0.25, 0.3) is 0 Å². The Balaban J connectivity index is 0.00000397. The molecule has 0 atom stereocenters. The number of anilines is 7. The van der Waals surface area contributed by atoms with Gasteiger partial charge < -0.3 is 19.4 Å². The summed E-state index contributed by atoms with van der Waals surface area (Å²) in [6.07, 6.45) is 1.98. The van der Waals surface area contributed by atoms with Gasteiger partial charge >= 0.3 is 0 Å². The fourth-order valence-corrected chi connectivity index (χ4v) is 7.56. The van der Waals surface area contributed by atoms with Gasteiger partial charge in [0.2, 0.25) is 0 Å². The molecule has 0 saturated heterocycles. The van der Waals surface area contributed by atoms with E-state index in [1.54, 1.807) is 0 Å². The molecular formula is C49H33N4OPd-3. The standard InChI is InChI=1S/C49H33N4O.Pd/c1-34-29-49(50-32-44(34)35-15-4-2-5-16-35)53-45-24-11-10-23-42(45)40-21-8-9-22-41(40)43-28-27-39(31-48(43)53)54-38-20-14-19-37(30-38)52-33-51(36-17-6-3-7-18-36)46-25-12-13-26-47(46)52;/h2-29,32-33H,1H3;/q-3;. The molecule has 3 heterocycles. The van der Waals surface area contributed by atoms with Gasteiger partial charge in [-0.2, -0.15) is 12.1 Å². The zero-order valence-corrected chi connectivity index (χ0v) is 31.4. The first kappa shape index (κ1) is 34.3. The molecule has 1 aromatic heterocycles. The Hall–Kier alpha value is -6.45. The molecule has 2 aliphatic heterocycles. The molecule has 268 valence electrons. The molecule has 0 saturated carbocycles. The zero-order chi connectivity index (χ0) is 36.0. The SMILES string of the molecule is Cc1cc(N2c3[c-]c(Oc4[c-]c(N5[CH-]N(c6ccccc6)c6ccccc65)ccc4)ccc3-c3ccccc3-c3ccccc32)ncc1-c1ccccc1.[Pd]. The predicted octanol–water partition coefficient (Wildman–Crippen LogP) is 13.0. The van der Waals surface area contributed by atoms with Gasteiger partial charge in [0, 0.05) is 66.3 Å². The molecule has 0 fully saturated rings. The number of nitrogens with zero attached hydrogens (tertiary/aromatic N) is 4. The number of fused-ring (bicyclic) bond motifs is 6. The smallest absolute Gasteiger partial charge is 0.135 e. The summed E-state index contributed by atoms with van der Waals surface area (Å²) in [5.74, 6) is 1.98. The van der Waals surface area contributed by atoms with Crippen molar-refractivity contribution in [3.05, 3.63) is 200 Å². The maximum atomic E-state index is 6.63. The molecule has 6 heteroatoms. The molecule has 0 N–H and O–H groups in total. The summed E-state index contributed by atoms with van der Waals surface area (Å²) in [5, 5.41) is 0. The number of pyridine rings is 1. The van der Waals surface area contributed by atoms with E-state index in [0.29, 0.717) is 11.5 Å². The number of aromatic nitrogens is 1. The first-order chi connectivity index (χ1) is 26.7. The average molecular weight is 800 g/mol. The Morgan fingerprint density at radius 2 is 1.15 bits per heavy atom. The van der Waals surface area contributed by atoms with E-state index in [0.717, 1.165) is 78.9 Å². The molecule has 55 heavy (non-hydrogen) atoms.